The van der Waals surface area contributed by atoms with Gasteiger partial charge in [0, 0.05) is 37.6 Å². The Morgan fingerprint density at radius 3 is 2.86 bits per heavy atom. The van der Waals surface area contributed by atoms with E-state index in [1.165, 1.54) is 6.07 Å². The van der Waals surface area contributed by atoms with Crippen molar-refractivity contribution >= 4 is 5.91 Å². The van der Waals surface area contributed by atoms with Gasteiger partial charge in [0.25, 0.3) is 5.56 Å². The van der Waals surface area contributed by atoms with E-state index in [4.69, 9.17) is 9.26 Å². The van der Waals surface area contributed by atoms with E-state index in [-0.39, 0.29) is 17.9 Å². The number of aryl methyl sites for hydroxylation is 2. The summed E-state index contributed by atoms with van der Waals surface area (Å²) in [6, 6.07) is 8.80. The Kier molecular flexibility index (Phi) is 6.15. The first-order valence-electron chi connectivity index (χ1n) is 8.84. The van der Waals surface area contributed by atoms with Crippen molar-refractivity contribution in [2.45, 2.75) is 26.2 Å². The highest BCUT2D eigenvalue weighted by molar-refractivity contribution is 5.76. The highest BCUT2D eigenvalue weighted by Gasteiger charge is 2.13. The highest BCUT2D eigenvalue weighted by atomic mass is 16.5. The topological polar surface area (TPSA) is 123 Å². The Morgan fingerprint density at radius 2 is 2.07 bits per heavy atom. The Bertz CT molecular complexity index is 1010. The minimum absolute atomic E-state index is 0.140. The lowest BCUT2D eigenvalue weighted by molar-refractivity contribution is -0.121. The molecule has 28 heavy (non-hydrogen) atoms. The zero-order chi connectivity index (χ0) is 19.9. The standard InChI is InChI=1S/C19H21N5O4/c1-12-21-13(11-17(26)22-12)9-10-20-16(25)7-8-18-23-19(24-28-18)14-5-3-4-6-15(14)27-2/h3-6,11H,7-10H2,1-2H3,(H,20,25)(H,21,22,26). The van der Waals surface area contributed by atoms with Crippen molar-refractivity contribution in [2.24, 2.45) is 0 Å². The number of nitrogens with one attached hydrogen (secondary N) is 2. The van der Waals surface area contributed by atoms with Gasteiger partial charge in [0.05, 0.1) is 12.7 Å². The number of hydrogen-bond acceptors (Lipinski definition) is 7. The number of ether oxygens (including phenoxy) is 1. The van der Waals surface area contributed by atoms with Crippen LogP contribution in [0.1, 0.15) is 23.8 Å². The van der Waals surface area contributed by atoms with Crippen LogP contribution in [0, 0.1) is 6.92 Å². The zero-order valence-electron chi connectivity index (χ0n) is 15.7. The minimum Gasteiger partial charge on any atom is -0.496 e. The molecule has 3 rings (SSSR count). The maximum Gasteiger partial charge on any atom is 0.251 e. The molecule has 0 saturated heterocycles. The molecule has 0 aliphatic rings. The third-order valence-corrected chi connectivity index (χ3v) is 4.00. The molecule has 0 unspecified atom stereocenters. The van der Waals surface area contributed by atoms with Crippen LogP contribution in [0.3, 0.4) is 0 Å². The van der Waals surface area contributed by atoms with Gasteiger partial charge in [-0.15, -0.1) is 0 Å². The van der Waals surface area contributed by atoms with Crippen molar-refractivity contribution < 1.29 is 14.1 Å². The zero-order valence-corrected chi connectivity index (χ0v) is 15.7. The van der Waals surface area contributed by atoms with Gasteiger partial charge in [-0.25, -0.2) is 4.98 Å². The largest absolute Gasteiger partial charge is 0.496 e. The van der Waals surface area contributed by atoms with Crippen LogP contribution in [0.25, 0.3) is 11.4 Å². The molecule has 146 valence electrons. The highest BCUT2D eigenvalue weighted by Crippen LogP contribution is 2.27. The van der Waals surface area contributed by atoms with Crippen molar-refractivity contribution in [1.29, 1.82) is 0 Å². The van der Waals surface area contributed by atoms with E-state index in [0.717, 1.165) is 5.56 Å². The van der Waals surface area contributed by atoms with Crippen LogP contribution in [-0.4, -0.2) is 39.7 Å². The number of benzene rings is 1. The van der Waals surface area contributed by atoms with E-state index in [0.29, 0.717) is 48.4 Å². The number of para-hydroxylation sites is 1. The molecule has 2 aromatic heterocycles. The van der Waals surface area contributed by atoms with Crippen LogP contribution < -0.4 is 15.6 Å². The van der Waals surface area contributed by atoms with Crippen LogP contribution >= 0.6 is 0 Å². The molecule has 3 aromatic rings. The normalized spacial score (nSPS) is 10.6. The molecule has 1 aromatic carbocycles. The van der Waals surface area contributed by atoms with E-state index in [1.807, 2.05) is 24.3 Å². The second-order valence-corrected chi connectivity index (χ2v) is 6.13. The molecule has 9 nitrogen and oxygen atoms in total. The third-order valence-electron chi connectivity index (χ3n) is 4.00. The SMILES string of the molecule is COc1ccccc1-c1noc(CCC(=O)NCCc2cc(=O)[nH]c(C)n2)n1. The van der Waals surface area contributed by atoms with Crippen molar-refractivity contribution in [3.05, 3.63) is 58.1 Å². The van der Waals surface area contributed by atoms with Crippen molar-refractivity contribution in [2.75, 3.05) is 13.7 Å². The summed E-state index contributed by atoms with van der Waals surface area (Å²) in [5, 5.41) is 6.75. The summed E-state index contributed by atoms with van der Waals surface area (Å²) in [6.45, 7) is 2.11. The number of aromatic nitrogens is 4. The van der Waals surface area contributed by atoms with Gasteiger partial charge in [0.2, 0.25) is 17.6 Å². The van der Waals surface area contributed by atoms with E-state index in [1.54, 1.807) is 14.0 Å². The molecular formula is C19H21N5O4. The molecule has 9 heteroatoms. The van der Waals surface area contributed by atoms with Crippen LogP contribution in [-0.2, 0) is 17.6 Å². The van der Waals surface area contributed by atoms with Crippen molar-refractivity contribution in [1.82, 2.24) is 25.4 Å². The molecule has 0 atom stereocenters. The summed E-state index contributed by atoms with van der Waals surface area (Å²) >= 11 is 0. The van der Waals surface area contributed by atoms with Crippen LogP contribution in [0.4, 0.5) is 0 Å². The van der Waals surface area contributed by atoms with Crippen molar-refractivity contribution in [3.8, 4) is 17.1 Å². The summed E-state index contributed by atoms with van der Waals surface area (Å²) in [4.78, 5) is 34.5. The lowest BCUT2D eigenvalue weighted by Gasteiger charge is -2.04. The van der Waals surface area contributed by atoms with Gasteiger partial charge >= 0.3 is 0 Å². The predicted octanol–water partition coefficient (Wildman–Crippen LogP) is 1.43. The smallest absolute Gasteiger partial charge is 0.251 e. The molecule has 0 bridgehead atoms. The molecule has 1 amide bonds. The Labute approximate surface area is 161 Å². The summed E-state index contributed by atoms with van der Waals surface area (Å²) in [5.74, 6) is 1.86. The van der Waals surface area contributed by atoms with E-state index in [2.05, 4.69) is 25.4 Å². The number of aromatic amines is 1. The van der Waals surface area contributed by atoms with Gasteiger partial charge in [0.15, 0.2) is 0 Å². The van der Waals surface area contributed by atoms with Gasteiger partial charge in [-0.3, -0.25) is 9.59 Å². The third kappa shape index (κ3) is 5.03. The summed E-state index contributed by atoms with van der Waals surface area (Å²) < 4.78 is 10.5. The van der Waals surface area contributed by atoms with E-state index < -0.39 is 0 Å². The Balaban J connectivity index is 1.48. The molecule has 0 spiro atoms. The average molecular weight is 383 g/mol. The summed E-state index contributed by atoms with van der Waals surface area (Å²) in [5.41, 5.74) is 1.17. The number of nitrogens with zero attached hydrogens (tertiary/aromatic N) is 3. The molecule has 0 fully saturated rings. The second kappa shape index (κ2) is 8.94. The molecule has 0 aliphatic heterocycles. The van der Waals surface area contributed by atoms with Crippen molar-refractivity contribution in [3.63, 3.8) is 0 Å². The van der Waals surface area contributed by atoms with Gasteiger partial charge < -0.3 is 19.6 Å². The van der Waals surface area contributed by atoms with Crippen LogP contribution in [0.2, 0.25) is 0 Å². The fourth-order valence-corrected chi connectivity index (χ4v) is 2.70. The number of amides is 1. The fraction of sp³-hybridized carbons (Fsp3) is 0.316. The summed E-state index contributed by atoms with van der Waals surface area (Å²) in [7, 11) is 1.58. The first-order chi connectivity index (χ1) is 13.5. The quantitative estimate of drug-likeness (QED) is 0.603. The monoisotopic (exact) mass is 383 g/mol. The maximum absolute atomic E-state index is 12.0. The maximum atomic E-state index is 12.0. The lowest BCUT2D eigenvalue weighted by Crippen LogP contribution is -2.26. The van der Waals surface area contributed by atoms with Crippen LogP contribution in [0.15, 0.2) is 39.6 Å². The molecular weight excluding hydrogens is 362 g/mol. The number of methoxy groups -OCH3 is 1. The van der Waals surface area contributed by atoms with Gasteiger partial charge in [0.1, 0.15) is 11.6 Å². The molecule has 0 radical (unpaired) electrons. The van der Waals surface area contributed by atoms with Gasteiger partial charge in [-0.05, 0) is 19.1 Å². The first-order valence-corrected chi connectivity index (χ1v) is 8.84. The number of carbonyl (C=O) groups is 1. The molecule has 2 heterocycles. The molecule has 2 N–H and O–H groups in total. The number of H-pyrrole nitrogens is 1. The fourth-order valence-electron chi connectivity index (χ4n) is 2.70. The minimum atomic E-state index is -0.198. The van der Waals surface area contributed by atoms with Crippen LogP contribution in [0.5, 0.6) is 5.75 Å². The Hall–Kier alpha value is -3.49. The number of rotatable bonds is 8. The molecule has 0 aliphatic carbocycles. The average Bonchev–Trinajstić information content (AvgIpc) is 3.14. The van der Waals surface area contributed by atoms with E-state index in [9.17, 15) is 9.59 Å². The first kappa shape index (κ1) is 19.3. The lowest BCUT2D eigenvalue weighted by atomic mass is 10.2. The predicted molar refractivity (Wildman–Crippen MR) is 101 cm³/mol. The number of carbonyl (C=O) groups excluding carboxylic acids is 1. The Morgan fingerprint density at radius 1 is 1.25 bits per heavy atom. The van der Waals surface area contributed by atoms with Gasteiger partial charge in [-0.2, -0.15) is 4.98 Å². The molecule has 0 saturated carbocycles. The van der Waals surface area contributed by atoms with Gasteiger partial charge in [-0.1, -0.05) is 17.3 Å². The number of hydrogen-bond donors (Lipinski definition) is 2. The van der Waals surface area contributed by atoms with E-state index >= 15 is 0 Å². The second-order valence-electron chi connectivity index (χ2n) is 6.13. The summed E-state index contributed by atoms with van der Waals surface area (Å²) in [6.07, 6.45) is 1.03.